The van der Waals surface area contributed by atoms with Crippen molar-refractivity contribution in [2.24, 2.45) is 11.8 Å². The number of hydrogen-bond acceptors (Lipinski definition) is 8. The number of aromatic amines is 1. The molecule has 1 aliphatic carbocycles. The van der Waals surface area contributed by atoms with Crippen LogP contribution in [0.25, 0.3) is 22.4 Å². The molecule has 0 amide bonds. The van der Waals surface area contributed by atoms with Gasteiger partial charge in [-0.1, -0.05) is 18.5 Å². The second-order valence-corrected chi connectivity index (χ2v) is 7.29. The Hall–Kier alpha value is -2.65. The minimum atomic E-state index is -0.503. The minimum Gasteiger partial charge on any atom is -0.439 e. The minimum absolute atomic E-state index is 0.0433. The maximum atomic E-state index is 11.4. The Morgan fingerprint density at radius 2 is 2.26 bits per heavy atom. The predicted molar refractivity (Wildman–Crippen MR) is 101 cm³/mol. The lowest BCUT2D eigenvalue weighted by Crippen LogP contribution is -2.23. The molecule has 1 aliphatic rings. The number of furan rings is 1. The van der Waals surface area contributed by atoms with E-state index in [1.165, 1.54) is 6.20 Å². The van der Waals surface area contributed by atoms with Gasteiger partial charge in [0.05, 0.1) is 10.9 Å². The summed E-state index contributed by atoms with van der Waals surface area (Å²) in [7, 11) is 0. The van der Waals surface area contributed by atoms with Gasteiger partial charge in [-0.25, -0.2) is 14.8 Å². The van der Waals surface area contributed by atoms with E-state index in [4.69, 9.17) is 21.8 Å². The number of hydrogen-bond donors (Lipinski definition) is 4. The van der Waals surface area contributed by atoms with Crippen molar-refractivity contribution in [2.75, 3.05) is 17.7 Å². The molecule has 3 heterocycles. The summed E-state index contributed by atoms with van der Waals surface area (Å²) in [6.07, 6.45) is 3.16. The normalized spacial score (nSPS) is 22.4. The third kappa shape index (κ3) is 3.35. The molecule has 1 saturated carbocycles. The van der Waals surface area contributed by atoms with E-state index in [1.807, 2.05) is 0 Å². The number of nitrogens with one attached hydrogen (secondary N) is 2. The van der Waals surface area contributed by atoms with Gasteiger partial charge in [0.2, 0.25) is 11.7 Å². The van der Waals surface area contributed by atoms with E-state index < -0.39 is 5.69 Å². The van der Waals surface area contributed by atoms with Gasteiger partial charge in [0.15, 0.2) is 0 Å². The van der Waals surface area contributed by atoms with Crippen LogP contribution in [0, 0.1) is 11.8 Å². The summed E-state index contributed by atoms with van der Waals surface area (Å²) < 4.78 is 5.75. The summed E-state index contributed by atoms with van der Waals surface area (Å²) in [5.74, 6) is 1.49. The van der Waals surface area contributed by atoms with E-state index in [-0.39, 0.29) is 29.7 Å². The zero-order chi connectivity index (χ0) is 19.1. The summed E-state index contributed by atoms with van der Waals surface area (Å²) in [5, 5.41) is 13.6. The lowest BCUT2D eigenvalue weighted by atomic mass is 10.1. The molecule has 10 heteroatoms. The summed E-state index contributed by atoms with van der Waals surface area (Å²) in [5.41, 5.74) is 6.04. The zero-order valence-corrected chi connectivity index (χ0v) is 15.3. The summed E-state index contributed by atoms with van der Waals surface area (Å²) in [4.78, 5) is 26.0. The highest BCUT2D eigenvalue weighted by Crippen LogP contribution is 2.39. The zero-order valence-electron chi connectivity index (χ0n) is 14.6. The average Bonchev–Trinajstić information content (AvgIpc) is 3.17. The molecule has 3 atom stereocenters. The van der Waals surface area contributed by atoms with Crippen LogP contribution in [0.1, 0.15) is 19.8 Å². The lowest BCUT2D eigenvalue weighted by molar-refractivity contribution is 0.226. The molecule has 27 heavy (non-hydrogen) atoms. The number of nitrogens with zero attached hydrogens (tertiary/aromatic N) is 3. The first-order chi connectivity index (χ1) is 12.9. The van der Waals surface area contributed by atoms with Gasteiger partial charge in [-0.3, -0.25) is 4.98 Å². The van der Waals surface area contributed by atoms with Crippen molar-refractivity contribution in [3.8, 4) is 11.3 Å². The first kappa shape index (κ1) is 17.7. The molecule has 0 aliphatic heterocycles. The van der Waals surface area contributed by atoms with E-state index >= 15 is 0 Å². The number of nitrogen functional groups attached to an aromatic ring is 1. The number of aromatic nitrogens is 4. The molecule has 3 aromatic heterocycles. The van der Waals surface area contributed by atoms with E-state index in [0.717, 1.165) is 12.8 Å². The Morgan fingerprint density at radius 1 is 1.44 bits per heavy atom. The summed E-state index contributed by atoms with van der Waals surface area (Å²) in [6.45, 7) is 2.28. The molecule has 0 spiro atoms. The monoisotopic (exact) mass is 390 g/mol. The number of aliphatic hydroxyl groups is 1. The van der Waals surface area contributed by atoms with Gasteiger partial charge < -0.3 is 20.6 Å². The predicted octanol–water partition coefficient (Wildman–Crippen LogP) is 2.03. The van der Waals surface area contributed by atoms with E-state index in [9.17, 15) is 9.90 Å². The SMILES string of the molecule is C[C@@H]1C[C@@H](CO)C[C@H]1Nc1nc(N)nc(Cl)c1-c1cc2cnc(=O)[nH]c2o1. The fourth-order valence-corrected chi connectivity index (χ4v) is 3.92. The molecular formula is C17H19ClN6O3. The van der Waals surface area contributed by atoms with Gasteiger partial charge in [0.1, 0.15) is 16.7 Å². The van der Waals surface area contributed by atoms with Crippen molar-refractivity contribution in [1.29, 1.82) is 0 Å². The Labute approximate surface area is 159 Å². The first-order valence-electron chi connectivity index (χ1n) is 8.64. The molecule has 0 aromatic carbocycles. The van der Waals surface area contributed by atoms with Gasteiger partial charge in [-0.2, -0.15) is 4.98 Å². The highest BCUT2D eigenvalue weighted by molar-refractivity contribution is 6.32. The Kier molecular flexibility index (Phi) is 4.48. The molecule has 0 bridgehead atoms. The van der Waals surface area contributed by atoms with Crippen molar-refractivity contribution in [3.63, 3.8) is 0 Å². The molecule has 4 rings (SSSR count). The number of anilines is 2. The molecule has 0 unspecified atom stereocenters. The number of halogens is 1. The molecule has 0 saturated heterocycles. The van der Waals surface area contributed by atoms with Crippen LogP contribution in [0.3, 0.4) is 0 Å². The van der Waals surface area contributed by atoms with Gasteiger partial charge in [-0.05, 0) is 30.7 Å². The summed E-state index contributed by atoms with van der Waals surface area (Å²) >= 11 is 6.35. The number of fused-ring (bicyclic) bond motifs is 1. The first-order valence-corrected chi connectivity index (χ1v) is 9.02. The quantitative estimate of drug-likeness (QED) is 0.495. The van der Waals surface area contributed by atoms with E-state index in [2.05, 4.69) is 32.2 Å². The van der Waals surface area contributed by atoms with Crippen molar-refractivity contribution < 1.29 is 9.52 Å². The summed E-state index contributed by atoms with van der Waals surface area (Å²) in [6, 6.07) is 1.82. The number of rotatable bonds is 4. The second-order valence-electron chi connectivity index (χ2n) is 6.93. The number of H-pyrrole nitrogens is 1. The maximum absolute atomic E-state index is 11.4. The van der Waals surface area contributed by atoms with Crippen LogP contribution in [0.4, 0.5) is 11.8 Å². The van der Waals surface area contributed by atoms with Crippen molar-refractivity contribution >= 4 is 34.5 Å². The molecule has 5 N–H and O–H groups in total. The Balaban J connectivity index is 1.77. The van der Waals surface area contributed by atoms with Crippen LogP contribution in [0.15, 0.2) is 21.5 Å². The maximum Gasteiger partial charge on any atom is 0.347 e. The van der Waals surface area contributed by atoms with Crippen molar-refractivity contribution in [2.45, 2.75) is 25.8 Å². The van der Waals surface area contributed by atoms with Gasteiger partial charge in [0, 0.05) is 18.8 Å². The van der Waals surface area contributed by atoms with E-state index in [1.54, 1.807) is 6.07 Å². The largest absolute Gasteiger partial charge is 0.439 e. The Morgan fingerprint density at radius 3 is 3.00 bits per heavy atom. The van der Waals surface area contributed by atoms with Gasteiger partial charge in [0.25, 0.3) is 0 Å². The molecule has 3 aromatic rings. The highest BCUT2D eigenvalue weighted by atomic mass is 35.5. The van der Waals surface area contributed by atoms with Crippen LogP contribution in [-0.4, -0.2) is 37.7 Å². The van der Waals surface area contributed by atoms with Crippen LogP contribution in [0.2, 0.25) is 5.15 Å². The highest BCUT2D eigenvalue weighted by Gasteiger charge is 2.32. The fourth-order valence-electron chi connectivity index (χ4n) is 3.66. The van der Waals surface area contributed by atoms with Crippen LogP contribution >= 0.6 is 11.6 Å². The lowest BCUT2D eigenvalue weighted by Gasteiger charge is -2.20. The number of aliphatic hydroxyl groups excluding tert-OH is 1. The van der Waals surface area contributed by atoms with Crippen LogP contribution < -0.4 is 16.7 Å². The molecule has 9 nitrogen and oxygen atoms in total. The third-order valence-corrected chi connectivity index (χ3v) is 5.26. The average molecular weight is 391 g/mol. The van der Waals surface area contributed by atoms with Gasteiger partial charge in [-0.15, -0.1) is 0 Å². The topological polar surface area (TPSA) is 143 Å². The van der Waals surface area contributed by atoms with Crippen molar-refractivity contribution in [3.05, 3.63) is 27.9 Å². The fraction of sp³-hybridized carbons (Fsp3) is 0.412. The standard InChI is InChI=1S/C17H19ClN6O3/c1-7-2-8(6-25)3-10(7)21-14-12(13(18)22-16(19)23-14)11-4-9-5-20-17(26)24-15(9)27-11/h4-5,7-8,10,25H,2-3,6H2,1H3,(H,20,24,26)(H3,19,21,22,23)/t7-,8-,10-/m1/s1. The van der Waals surface area contributed by atoms with Gasteiger partial charge >= 0.3 is 5.69 Å². The smallest absolute Gasteiger partial charge is 0.347 e. The Bertz CT molecular complexity index is 1050. The van der Waals surface area contributed by atoms with Crippen molar-refractivity contribution in [1.82, 2.24) is 19.9 Å². The van der Waals surface area contributed by atoms with Crippen LogP contribution in [-0.2, 0) is 0 Å². The molecule has 0 radical (unpaired) electrons. The number of nitrogens with two attached hydrogens (primary N) is 1. The molecule has 1 fully saturated rings. The third-order valence-electron chi connectivity index (χ3n) is 4.99. The second kappa shape index (κ2) is 6.82. The molecular weight excluding hydrogens is 372 g/mol. The van der Waals surface area contributed by atoms with Crippen LogP contribution in [0.5, 0.6) is 0 Å². The molecule has 142 valence electrons. The van der Waals surface area contributed by atoms with E-state index in [0.29, 0.717) is 34.2 Å².